The Bertz CT molecular complexity index is 493. The Hall–Kier alpha value is -1.38. The molecule has 4 atom stereocenters. The van der Waals surface area contributed by atoms with Gasteiger partial charge in [-0.2, -0.15) is 0 Å². The van der Waals surface area contributed by atoms with Crippen LogP contribution in [0.4, 0.5) is 0 Å². The molecule has 0 aromatic carbocycles. The second-order valence-electron chi connectivity index (χ2n) is 7.18. The summed E-state index contributed by atoms with van der Waals surface area (Å²) in [6.45, 7) is 0. The normalized spacial score (nSPS) is 35.9. The third-order valence-corrected chi connectivity index (χ3v) is 5.80. The first-order valence-electron chi connectivity index (χ1n) is 8.63. The summed E-state index contributed by atoms with van der Waals surface area (Å²) in [5.41, 5.74) is 1.09. The number of unbranched alkanes of at least 4 members (excludes halogenated alkanes) is 2. The summed E-state index contributed by atoms with van der Waals surface area (Å²) in [5, 5.41) is 13.3. The highest BCUT2D eigenvalue weighted by atomic mass is 16.3. The maximum Gasteiger partial charge on any atom is 0.125 e. The van der Waals surface area contributed by atoms with E-state index >= 15 is 0 Å². The number of aliphatic hydroxyl groups excluding tert-OH is 1. The van der Waals surface area contributed by atoms with E-state index in [1.165, 1.54) is 44.9 Å². The van der Waals surface area contributed by atoms with E-state index in [0.717, 1.165) is 29.7 Å². The molecule has 2 saturated carbocycles. The number of aliphatic hydroxyl groups is 1. The molecule has 0 radical (unpaired) electrons. The van der Waals surface area contributed by atoms with Gasteiger partial charge in [-0.15, -0.1) is 0 Å². The van der Waals surface area contributed by atoms with Crippen LogP contribution in [0.1, 0.15) is 51.4 Å². The van der Waals surface area contributed by atoms with Crippen LogP contribution in [-0.2, 0) is 0 Å². The van der Waals surface area contributed by atoms with Crippen LogP contribution in [0.5, 0.6) is 0 Å². The molecule has 3 nitrogen and oxygen atoms in total. The van der Waals surface area contributed by atoms with Crippen molar-refractivity contribution >= 4 is 0 Å². The van der Waals surface area contributed by atoms with Crippen molar-refractivity contribution in [3.8, 4) is 0 Å². The van der Waals surface area contributed by atoms with E-state index in [9.17, 15) is 5.11 Å². The summed E-state index contributed by atoms with van der Waals surface area (Å²) < 4.78 is 0. The predicted octanol–water partition coefficient (Wildman–Crippen LogP) is 4.02. The molecule has 0 saturated heterocycles. The van der Waals surface area contributed by atoms with Crippen LogP contribution >= 0.6 is 0 Å². The van der Waals surface area contributed by atoms with Gasteiger partial charge >= 0.3 is 0 Å². The van der Waals surface area contributed by atoms with Crippen LogP contribution in [-0.4, -0.2) is 16.2 Å². The molecule has 2 N–H and O–H groups in total. The minimum Gasteiger partial charge on any atom is -0.508 e. The highest BCUT2D eigenvalue weighted by Crippen LogP contribution is 2.56. The minimum atomic E-state index is 0.114. The zero-order valence-electron chi connectivity index (χ0n) is 12.7. The fourth-order valence-corrected chi connectivity index (χ4v) is 4.44. The molecule has 4 rings (SSSR count). The Morgan fingerprint density at radius 3 is 3.00 bits per heavy atom. The molecule has 0 spiro atoms. The third kappa shape index (κ3) is 2.70. The summed E-state index contributed by atoms with van der Waals surface area (Å²) in [5.74, 6) is 3.76. The number of rotatable bonds is 6. The molecule has 2 aliphatic carbocycles. The molecule has 0 bridgehead atoms. The molecule has 0 amide bonds. The van der Waals surface area contributed by atoms with Gasteiger partial charge in [-0.1, -0.05) is 19.3 Å². The SMILES string of the molecule is OC1=CC2NC=CN2C=C1CCCCC[C@H]1CCC2CC21. The van der Waals surface area contributed by atoms with Gasteiger partial charge in [0.15, 0.2) is 0 Å². The molecule has 3 unspecified atom stereocenters. The van der Waals surface area contributed by atoms with E-state index in [2.05, 4.69) is 16.4 Å². The van der Waals surface area contributed by atoms with Gasteiger partial charge in [-0.25, -0.2) is 0 Å². The van der Waals surface area contributed by atoms with Gasteiger partial charge < -0.3 is 15.3 Å². The number of hydrogen-bond acceptors (Lipinski definition) is 3. The second-order valence-corrected chi connectivity index (χ2v) is 7.18. The quantitative estimate of drug-likeness (QED) is 0.724. The van der Waals surface area contributed by atoms with E-state index in [-0.39, 0.29) is 6.17 Å². The Kier molecular flexibility index (Phi) is 3.44. The average molecular weight is 286 g/mol. The van der Waals surface area contributed by atoms with Crippen LogP contribution in [0, 0.1) is 17.8 Å². The van der Waals surface area contributed by atoms with Crippen molar-refractivity contribution in [3.05, 3.63) is 36.0 Å². The van der Waals surface area contributed by atoms with Crippen molar-refractivity contribution in [1.29, 1.82) is 0 Å². The summed E-state index contributed by atoms with van der Waals surface area (Å²) in [6.07, 6.45) is 18.9. The highest BCUT2D eigenvalue weighted by Gasteiger charge is 2.47. The van der Waals surface area contributed by atoms with Gasteiger partial charge in [0, 0.05) is 30.2 Å². The molecule has 114 valence electrons. The van der Waals surface area contributed by atoms with Gasteiger partial charge in [0.05, 0.1) is 0 Å². The monoisotopic (exact) mass is 286 g/mol. The Labute approximate surface area is 127 Å². The number of nitrogens with one attached hydrogen (secondary N) is 1. The van der Waals surface area contributed by atoms with E-state index in [4.69, 9.17) is 0 Å². The maximum atomic E-state index is 10.1. The fraction of sp³-hybridized carbons (Fsp3) is 0.667. The zero-order valence-corrected chi connectivity index (χ0v) is 12.7. The van der Waals surface area contributed by atoms with Gasteiger partial charge in [0.25, 0.3) is 0 Å². The van der Waals surface area contributed by atoms with E-state index in [1.807, 2.05) is 18.5 Å². The topological polar surface area (TPSA) is 35.5 Å². The first-order chi connectivity index (χ1) is 10.3. The lowest BCUT2D eigenvalue weighted by molar-refractivity contribution is 0.355. The largest absolute Gasteiger partial charge is 0.508 e. The highest BCUT2D eigenvalue weighted by molar-refractivity contribution is 5.32. The molecular weight excluding hydrogens is 260 g/mol. The second kappa shape index (κ2) is 5.43. The van der Waals surface area contributed by atoms with Crippen LogP contribution in [0.3, 0.4) is 0 Å². The van der Waals surface area contributed by atoms with Crippen molar-refractivity contribution in [2.75, 3.05) is 0 Å². The molecule has 2 fully saturated rings. The Morgan fingerprint density at radius 1 is 1.24 bits per heavy atom. The number of fused-ring (bicyclic) bond motifs is 2. The van der Waals surface area contributed by atoms with Gasteiger partial charge in [-0.3, -0.25) is 0 Å². The third-order valence-electron chi connectivity index (χ3n) is 5.80. The van der Waals surface area contributed by atoms with Crippen molar-refractivity contribution in [2.24, 2.45) is 17.8 Å². The number of nitrogens with zero attached hydrogens (tertiary/aromatic N) is 1. The minimum absolute atomic E-state index is 0.114. The predicted molar refractivity (Wildman–Crippen MR) is 84.1 cm³/mol. The van der Waals surface area contributed by atoms with Crippen LogP contribution in [0.25, 0.3) is 0 Å². The van der Waals surface area contributed by atoms with Crippen LogP contribution in [0.2, 0.25) is 0 Å². The molecule has 21 heavy (non-hydrogen) atoms. The molecule has 0 aromatic rings. The van der Waals surface area contributed by atoms with E-state index in [0.29, 0.717) is 5.76 Å². The van der Waals surface area contributed by atoms with Crippen LogP contribution < -0.4 is 5.32 Å². The van der Waals surface area contributed by atoms with E-state index in [1.54, 1.807) is 0 Å². The van der Waals surface area contributed by atoms with Crippen molar-refractivity contribution in [2.45, 2.75) is 57.5 Å². The lowest BCUT2D eigenvalue weighted by atomic mass is 9.95. The first kappa shape index (κ1) is 13.3. The fourth-order valence-electron chi connectivity index (χ4n) is 4.44. The average Bonchev–Trinajstić information content (AvgIpc) is 2.93. The van der Waals surface area contributed by atoms with Gasteiger partial charge in [0.2, 0.25) is 0 Å². The summed E-state index contributed by atoms with van der Waals surface area (Å²) >= 11 is 0. The number of hydrogen-bond donors (Lipinski definition) is 2. The number of allylic oxidation sites excluding steroid dienone is 1. The van der Waals surface area contributed by atoms with Crippen molar-refractivity contribution in [3.63, 3.8) is 0 Å². The summed E-state index contributed by atoms with van der Waals surface area (Å²) in [6, 6.07) is 0. The van der Waals surface area contributed by atoms with Gasteiger partial charge in [0.1, 0.15) is 11.9 Å². The summed E-state index contributed by atoms with van der Waals surface area (Å²) in [7, 11) is 0. The zero-order chi connectivity index (χ0) is 14.2. The smallest absolute Gasteiger partial charge is 0.125 e. The molecule has 0 aromatic heterocycles. The molecular formula is C18H26N2O. The maximum absolute atomic E-state index is 10.1. The van der Waals surface area contributed by atoms with E-state index < -0.39 is 0 Å². The Morgan fingerprint density at radius 2 is 2.19 bits per heavy atom. The lowest BCUT2D eigenvalue weighted by Crippen LogP contribution is -2.32. The van der Waals surface area contributed by atoms with Crippen LogP contribution in [0.15, 0.2) is 36.0 Å². The van der Waals surface area contributed by atoms with Crippen molar-refractivity contribution in [1.82, 2.24) is 10.2 Å². The first-order valence-corrected chi connectivity index (χ1v) is 8.63. The Balaban J connectivity index is 1.18. The summed E-state index contributed by atoms with van der Waals surface area (Å²) in [4.78, 5) is 2.13. The molecule has 4 aliphatic rings. The standard InChI is InChI=1S/C18H26N2O/c21-17-11-18-19-8-9-20(18)12-15(17)5-3-1-2-4-13-6-7-14-10-16(13)14/h8-9,11-14,16,18-19,21H,1-7,10H2/t13-,14?,16?,18?/m0/s1. The molecule has 2 heterocycles. The van der Waals surface area contributed by atoms with Crippen molar-refractivity contribution < 1.29 is 5.11 Å². The molecule has 3 heteroatoms. The van der Waals surface area contributed by atoms with Gasteiger partial charge in [-0.05, 0) is 49.9 Å². The molecule has 2 aliphatic heterocycles. The lowest BCUT2D eigenvalue weighted by Gasteiger charge is -2.25.